The van der Waals surface area contributed by atoms with Gasteiger partial charge in [0.1, 0.15) is 17.4 Å². The van der Waals surface area contributed by atoms with Gasteiger partial charge in [-0.2, -0.15) is 0 Å². The first-order valence-corrected chi connectivity index (χ1v) is 14.9. The lowest BCUT2D eigenvalue weighted by Gasteiger charge is -2.44. The van der Waals surface area contributed by atoms with Crippen molar-refractivity contribution in [2.24, 2.45) is 17.2 Å². The zero-order chi connectivity index (χ0) is 31.9. The Morgan fingerprint density at radius 2 is 1.68 bits per heavy atom. The van der Waals surface area contributed by atoms with Crippen molar-refractivity contribution in [3.63, 3.8) is 0 Å². The minimum atomic E-state index is -1.28. The van der Waals surface area contributed by atoms with Gasteiger partial charge in [-0.15, -0.1) is 0 Å². The van der Waals surface area contributed by atoms with Crippen molar-refractivity contribution in [3.05, 3.63) is 71.0 Å². The number of ketones is 1. The van der Waals surface area contributed by atoms with Gasteiger partial charge < -0.3 is 27.8 Å². The molecule has 4 rings (SSSR count). The zero-order valence-corrected chi connectivity index (χ0v) is 24.6. The van der Waals surface area contributed by atoms with E-state index in [2.05, 4.69) is 10.6 Å². The smallest absolute Gasteiger partial charge is 0.289 e. The first kappa shape index (κ1) is 32.7. The molecule has 0 aromatic heterocycles. The number of fused-ring (bicyclic) bond motifs is 1. The molecule has 3 unspecified atom stereocenters. The normalized spacial score (nSPS) is 20.6. The van der Waals surface area contributed by atoms with Gasteiger partial charge in [-0.05, 0) is 86.9 Å². The highest BCUT2D eigenvalue weighted by molar-refractivity contribution is 6.38. The number of amides is 4. The molecule has 44 heavy (non-hydrogen) atoms. The molecule has 2 aromatic carbocycles. The van der Waals surface area contributed by atoms with Crippen molar-refractivity contribution in [2.45, 2.75) is 62.6 Å². The van der Waals surface area contributed by atoms with Crippen molar-refractivity contribution < 1.29 is 28.4 Å². The van der Waals surface area contributed by atoms with E-state index in [-0.39, 0.29) is 19.4 Å². The van der Waals surface area contributed by atoms with Crippen molar-refractivity contribution >= 4 is 29.4 Å². The lowest BCUT2D eigenvalue weighted by molar-refractivity contribution is -0.165. The average Bonchev–Trinajstić information content (AvgIpc) is 3.45. The summed E-state index contributed by atoms with van der Waals surface area (Å²) in [6.07, 6.45) is 2.62. The van der Waals surface area contributed by atoms with Gasteiger partial charge in [-0.1, -0.05) is 24.3 Å². The number of rotatable bonds is 14. The van der Waals surface area contributed by atoms with Gasteiger partial charge in [-0.3, -0.25) is 29.0 Å². The molecule has 236 valence electrons. The number of nitrogens with two attached hydrogens (primary N) is 3. The van der Waals surface area contributed by atoms with Gasteiger partial charge in [0.15, 0.2) is 0 Å². The van der Waals surface area contributed by atoms with E-state index in [0.717, 1.165) is 5.56 Å². The summed E-state index contributed by atoms with van der Waals surface area (Å²) in [5.74, 6) is -3.51. The fraction of sp³-hybridized carbons (Fsp3) is 0.452. The summed E-state index contributed by atoms with van der Waals surface area (Å²) in [4.78, 5) is 64.5. The number of Topliss-reactive ketones (excluding diaryl/α,β-unsaturated/α-hetero) is 1. The number of carbonyl (C=O) groups excluding carboxylic acids is 5. The number of primary amides is 1. The van der Waals surface area contributed by atoms with Gasteiger partial charge in [0, 0.05) is 25.2 Å². The Morgan fingerprint density at radius 3 is 2.34 bits per heavy atom. The molecule has 0 saturated carbocycles. The highest BCUT2D eigenvalue weighted by Gasteiger charge is 2.51. The number of benzene rings is 2. The Labute approximate surface area is 255 Å². The summed E-state index contributed by atoms with van der Waals surface area (Å²) < 4.78 is 13.4. The van der Waals surface area contributed by atoms with E-state index in [1.807, 2.05) is 0 Å². The summed E-state index contributed by atoms with van der Waals surface area (Å²) in [6, 6.07) is 10.4. The van der Waals surface area contributed by atoms with Crippen LogP contribution in [0.2, 0.25) is 0 Å². The van der Waals surface area contributed by atoms with E-state index in [9.17, 15) is 28.4 Å². The topological polar surface area (TPSA) is 194 Å². The second-order valence-electron chi connectivity index (χ2n) is 11.4. The van der Waals surface area contributed by atoms with E-state index < -0.39 is 52.9 Å². The van der Waals surface area contributed by atoms with Gasteiger partial charge in [-0.25, -0.2) is 9.40 Å². The van der Waals surface area contributed by atoms with E-state index >= 15 is 0 Å². The molecule has 2 aromatic rings. The lowest BCUT2D eigenvalue weighted by atomic mass is 9.85. The van der Waals surface area contributed by atoms with Crippen molar-refractivity contribution in [3.8, 4) is 0 Å². The molecule has 2 heterocycles. The van der Waals surface area contributed by atoms with E-state index in [4.69, 9.17) is 17.2 Å². The fourth-order valence-electron chi connectivity index (χ4n) is 5.66. The molecule has 2 fully saturated rings. The second kappa shape index (κ2) is 14.5. The van der Waals surface area contributed by atoms with Crippen LogP contribution in [0.1, 0.15) is 53.6 Å². The SMILES string of the molecule is NCCCCC(NC(=O)C1CCN2CCC(N)(Cc3ccc(F)cc3)C(=O)N12)C(=O)C(=O)NCCc1ccc(C(N)=O)cc1. The highest BCUT2D eigenvalue weighted by Crippen LogP contribution is 2.31. The fourth-order valence-corrected chi connectivity index (χ4v) is 5.66. The minimum Gasteiger partial charge on any atom is -0.366 e. The Hall–Kier alpha value is -4.20. The predicted molar refractivity (Wildman–Crippen MR) is 160 cm³/mol. The zero-order valence-electron chi connectivity index (χ0n) is 24.6. The van der Waals surface area contributed by atoms with E-state index in [0.29, 0.717) is 62.9 Å². The van der Waals surface area contributed by atoms with Gasteiger partial charge in [0.2, 0.25) is 17.6 Å². The van der Waals surface area contributed by atoms with Crippen molar-refractivity contribution in [1.82, 2.24) is 20.7 Å². The average molecular weight is 610 g/mol. The Kier molecular flexibility index (Phi) is 10.8. The molecule has 2 saturated heterocycles. The molecule has 12 nitrogen and oxygen atoms in total. The van der Waals surface area contributed by atoms with E-state index in [1.54, 1.807) is 41.4 Å². The maximum absolute atomic E-state index is 13.7. The Morgan fingerprint density at radius 1 is 1.00 bits per heavy atom. The molecule has 2 aliphatic rings. The predicted octanol–water partition coefficient (Wildman–Crippen LogP) is -0.0720. The monoisotopic (exact) mass is 609 g/mol. The largest absolute Gasteiger partial charge is 0.366 e. The number of hydrogen-bond donors (Lipinski definition) is 5. The highest BCUT2D eigenvalue weighted by atomic mass is 19.1. The molecule has 3 atom stereocenters. The third kappa shape index (κ3) is 7.84. The van der Waals surface area contributed by atoms with Crippen LogP contribution in [-0.2, 0) is 32.0 Å². The molecule has 13 heteroatoms. The molecule has 4 amide bonds. The van der Waals surface area contributed by atoms with Gasteiger partial charge in [0.05, 0.1) is 6.04 Å². The first-order chi connectivity index (χ1) is 21.0. The van der Waals surface area contributed by atoms with Crippen LogP contribution in [0, 0.1) is 5.82 Å². The number of nitrogens with one attached hydrogen (secondary N) is 2. The molecular weight excluding hydrogens is 569 g/mol. The maximum Gasteiger partial charge on any atom is 0.289 e. The number of nitrogens with zero attached hydrogens (tertiary/aromatic N) is 2. The number of hydrogen-bond acceptors (Lipinski definition) is 8. The van der Waals surface area contributed by atoms with Crippen LogP contribution in [0.5, 0.6) is 0 Å². The molecule has 2 aliphatic heterocycles. The summed E-state index contributed by atoms with van der Waals surface area (Å²) >= 11 is 0. The molecule has 0 radical (unpaired) electrons. The van der Waals surface area contributed by atoms with Crippen LogP contribution in [0.3, 0.4) is 0 Å². The third-order valence-electron chi connectivity index (χ3n) is 8.19. The van der Waals surface area contributed by atoms with Crippen molar-refractivity contribution in [1.29, 1.82) is 0 Å². The van der Waals surface area contributed by atoms with Crippen LogP contribution in [0.25, 0.3) is 0 Å². The lowest BCUT2D eigenvalue weighted by Crippen LogP contribution is -2.67. The van der Waals surface area contributed by atoms with E-state index in [1.165, 1.54) is 17.1 Å². The molecular formula is C31H40FN7O5. The molecule has 0 spiro atoms. The van der Waals surface area contributed by atoms with Crippen LogP contribution in [-0.4, -0.2) is 83.2 Å². The molecule has 8 N–H and O–H groups in total. The summed E-state index contributed by atoms with van der Waals surface area (Å²) in [7, 11) is 0. The maximum atomic E-state index is 13.7. The Balaban J connectivity index is 1.39. The first-order valence-electron chi connectivity index (χ1n) is 14.9. The minimum absolute atomic E-state index is 0.163. The second-order valence-corrected chi connectivity index (χ2v) is 11.4. The number of hydrazine groups is 1. The molecule has 0 bridgehead atoms. The van der Waals surface area contributed by atoms with Crippen LogP contribution < -0.4 is 27.8 Å². The summed E-state index contributed by atoms with van der Waals surface area (Å²) in [5, 5.41) is 8.50. The van der Waals surface area contributed by atoms with Crippen LogP contribution >= 0.6 is 0 Å². The summed E-state index contributed by atoms with van der Waals surface area (Å²) in [5.41, 5.74) is 18.1. The van der Waals surface area contributed by atoms with Crippen LogP contribution in [0.4, 0.5) is 4.39 Å². The van der Waals surface area contributed by atoms with Crippen molar-refractivity contribution in [2.75, 3.05) is 26.2 Å². The number of carbonyl (C=O) groups is 5. The Bertz CT molecular complexity index is 1370. The standard InChI is InChI=1S/C31H40FN7O5/c32-23-10-6-21(7-11-23)19-31(35)14-18-38-17-13-25(39(38)30(31)44)28(42)37-24(3-1-2-15-33)26(40)29(43)36-16-12-20-4-8-22(9-5-20)27(34)41/h4-11,24-25H,1-3,12-19,33,35H2,(H2,34,41)(H,36,43)(H,37,42). The number of halogens is 1. The number of unbranched alkanes of at least 4 members (excludes halogenated alkanes) is 1. The van der Waals surface area contributed by atoms with Crippen LogP contribution in [0.15, 0.2) is 48.5 Å². The summed E-state index contributed by atoms with van der Waals surface area (Å²) in [6.45, 7) is 1.47. The third-order valence-corrected chi connectivity index (χ3v) is 8.19. The van der Waals surface area contributed by atoms with Gasteiger partial charge in [0.25, 0.3) is 11.8 Å². The molecule has 0 aliphatic carbocycles. The quantitative estimate of drug-likeness (QED) is 0.145. The van der Waals surface area contributed by atoms with Gasteiger partial charge >= 0.3 is 0 Å².